The first-order valence-electron chi connectivity index (χ1n) is 6.19. The summed E-state index contributed by atoms with van der Waals surface area (Å²) in [5, 5.41) is 10.3. The highest BCUT2D eigenvalue weighted by Crippen LogP contribution is 2.18. The Labute approximate surface area is 112 Å². The van der Waals surface area contributed by atoms with Crippen LogP contribution in [0.15, 0.2) is 60.7 Å². The minimum Gasteiger partial charge on any atom is -0.251 e. The van der Waals surface area contributed by atoms with Crippen LogP contribution in [0.3, 0.4) is 0 Å². The number of nitrogens with zero attached hydrogens (tertiary/aromatic N) is 2. The van der Waals surface area contributed by atoms with Crippen LogP contribution in [0.1, 0.15) is 16.8 Å². The third-order valence-electron chi connectivity index (χ3n) is 3.14. The van der Waals surface area contributed by atoms with Gasteiger partial charge in [0.05, 0.1) is 16.8 Å². The molecule has 3 rings (SSSR count). The molecule has 0 amide bonds. The molecule has 2 heteroatoms. The van der Waals surface area contributed by atoms with Crippen molar-refractivity contribution in [3.63, 3.8) is 0 Å². The highest BCUT2D eigenvalue weighted by molar-refractivity contribution is 5.80. The summed E-state index contributed by atoms with van der Waals surface area (Å²) in [4.78, 5) is 4.62. The van der Waals surface area contributed by atoms with Gasteiger partial charge in [0.15, 0.2) is 0 Å². The van der Waals surface area contributed by atoms with Crippen molar-refractivity contribution in [1.82, 2.24) is 4.98 Å². The van der Waals surface area contributed by atoms with Crippen molar-refractivity contribution >= 4 is 10.9 Å². The number of benzene rings is 2. The minimum absolute atomic E-state index is 0.655. The average Bonchev–Trinajstić information content (AvgIpc) is 2.47. The van der Waals surface area contributed by atoms with E-state index in [0.29, 0.717) is 12.0 Å². The van der Waals surface area contributed by atoms with E-state index in [9.17, 15) is 5.26 Å². The van der Waals surface area contributed by atoms with Crippen LogP contribution in [0, 0.1) is 11.3 Å². The molecule has 2 nitrogen and oxygen atoms in total. The maximum atomic E-state index is 9.27. The summed E-state index contributed by atoms with van der Waals surface area (Å²) < 4.78 is 0. The molecule has 0 aliphatic rings. The summed E-state index contributed by atoms with van der Waals surface area (Å²) in [5.41, 5.74) is 3.60. The van der Waals surface area contributed by atoms with Gasteiger partial charge in [-0.2, -0.15) is 5.26 Å². The van der Waals surface area contributed by atoms with Crippen molar-refractivity contribution in [3.8, 4) is 6.07 Å². The molecule has 0 unspecified atom stereocenters. The van der Waals surface area contributed by atoms with Crippen molar-refractivity contribution in [2.75, 3.05) is 0 Å². The fraction of sp³-hybridized carbons (Fsp3) is 0.0588. The number of pyridine rings is 1. The Kier molecular flexibility index (Phi) is 2.96. The smallest absolute Gasteiger partial charge is 0.101 e. The molecular weight excluding hydrogens is 232 g/mol. The first-order chi connectivity index (χ1) is 9.36. The van der Waals surface area contributed by atoms with E-state index in [0.717, 1.165) is 16.6 Å². The molecule has 0 aliphatic carbocycles. The number of hydrogen-bond donors (Lipinski definition) is 0. The zero-order valence-corrected chi connectivity index (χ0v) is 10.4. The molecule has 1 aromatic heterocycles. The first kappa shape index (κ1) is 11.4. The molecule has 0 radical (unpaired) electrons. The van der Waals surface area contributed by atoms with Crippen LogP contribution in [0.2, 0.25) is 0 Å². The number of aromatic nitrogens is 1. The number of hydrogen-bond acceptors (Lipinski definition) is 2. The molecule has 0 saturated heterocycles. The Morgan fingerprint density at radius 3 is 2.47 bits per heavy atom. The van der Waals surface area contributed by atoms with Crippen LogP contribution in [-0.4, -0.2) is 4.98 Å². The van der Waals surface area contributed by atoms with Gasteiger partial charge in [0.25, 0.3) is 0 Å². The zero-order valence-electron chi connectivity index (χ0n) is 10.4. The lowest BCUT2D eigenvalue weighted by atomic mass is 10.0. The summed E-state index contributed by atoms with van der Waals surface area (Å²) in [6, 6.07) is 22.1. The molecule has 3 aromatic rings. The first-order valence-corrected chi connectivity index (χ1v) is 6.19. The summed E-state index contributed by atoms with van der Waals surface area (Å²) >= 11 is 0. The van der Waals surface area contributed by atoms with Crippen molar-refractivity contribution in [1.29, 1.82) is 5.26 Å². The van der Waals surface area contributed by atoms with Gasteiger partial charge in [0, 0.05) is 11.8 Å². The fourth-order valence-electron chi connectivity index (χ4n) is 2.18. The second-order valence-electron chi connectivity index (χ2n) is 4.45. The van der Waals surface area contributed by atoms with Gasteiger partial charge in [-0.05, 0) is 17.7 Å². The lowest BCUT2D eigenvalue weighted by Gasteiger charge is -2.06. The Bertz CT molecular complexity index is 755. The molecule has 0 bridgehead atoms. The molecule has 19 heavy (non-hydrogen) atoms. The van der Waals surface area contributed by atoms with Crippen LogP contribution < -0.4 is 0 Å². The van der Waals surface area contributed by atoms with Crippen molar-refractivity contribution in [3.05, 3.63) is 77.5 Å². The van der Waals surface area contributed by atoms with Gasteiger partial charge in [-0.1, -0.05) is 48.5 Å². The number of nitriles is 1. The maximum absolute atomic E-state index is 9.27. The molecule has 0 N–H and O–H groups in total. The predicted molar refractivity (Wildman–Crippen MR) is 75.7 cm³/mol. The van der Waals surface area contributed by atoms with E-state index in [1.54, 1.807) is 0 Å². The van der Waals surface area contributed by atoms with E-state index in [1.165, 1.54) is 5.56 Å². The SMILES string of the molecule is N#Cc1cc2ccccc2nc1Cc1ccccc1. The van der Waals surface area contributed by atoms with Gasteiger partial charge in [-0.15, -0.1) is 0 Å². The standard InChI is InChI=1S/C17H12N2/c18-12-15-11-14-8-4-5-9-16(14)19-17(15)10-13-6-2-1-3-7-13/h1-9,11H,10H2. The van der Waals surface area contributed by atoms with E-state index in [1.807, 2.05) is 48.5 Å². The van der Waals surface area contributed by atoms with Crippen molar-refractivity contribution in [2.24, 2.45) is 0 Å². The van der Waals surface area contributed by atoms with Gasteiger partial charge in [0.1, 0.15) is 6.07 Å². The molecule has 0 atom stereocenters. The third kappa shape index (κ3) is 2.31. The molecule has 1 heterocycles. The minimum atomic E-state index is 0.655. The second-order valence-corrected chi connectivity index (χ2v) is 4.45. The van der Waals surface area contributed by atoms with Crippen LogP contribution in [0.25, 0.3) is 10.9 Å². The van der Waals surface area contributed by atoms with Crippen LogP contribution in [0.4, 0.5) is 0 Å². The number of rotatable bonds is 2. The fourth-order valence-corrected chi connectivity index (χ4v) is 2.18. The Balaban J connectivity index is 2.10. The third-order valence-corrected chi connectivity index (χ3v) is 3.14. The summed E-state index contributed by atoms with van der Waals surface area (Å²) in [5.74, 6) is 0. The van der Waals surface area contributed by atoms with E-state index in [2.05, 4.69) is 23.2 Å². The molecule has 0 spiro atoms. The molecule has 0 fully saturated rings. The summed E-state index contributed by atoms with van der Waals surface area (Å²) in [6.07, 6.45) is 0.689. The zero-order chi connectivity index (χ0) is 13.1. The number of para-hydroxylation sites is 1. The van der Waals surface area contributed by atoms with Gasteiger partial charge in [-0.25, -0.2) is 0 Å². The Morgan fingerprint density at radius 2 is 1.68 bits per heavy atom. The predicted octanol–water partition coefficient (Wildman–Crippen LogP) is 3.70. The van der Waals surface area contributed by atoms with Crippen LogP contribution in [-0.2, 0) is 6.42 Å². The van der Waals surface area contributed by atoms with E-state index >= 15 is 0 Å². The summed E-state index contributed by atoms with van der Waals surface area (Å²) in [6.45, 7) is 0. The van der Waals surface area contributed by atoms with Gasteiger partial charge in [-0.3, -0.25) is 4.98 Å². The van der Waals surface area contributed by atoms with E-state index in [-0.39, 0.29) is 0 Å². The quantitative estimate of drug-likeness (QED) is 0.689. The second kappa shape index (κ2) is 4.91. The van der Waals surface area contributed by atoms with Crippen molar-refractivity contribution < 1.29 is 0 Å². The Hall–Kier alpha value is -2.66. The van der Waals surface area contributed by atoms with Crippen molar-refractivity contribution in [2.45, 2.75) is 6.42 Å². The van der Waals surface area contributed by atoms with Crippen LogP contribution >= 0.6 is 0 Å². The van der Waals surface area contributed by atoms with E-state index in [4.69, 9.17) is 0 Å². The highest BCUT2D eigenvalue weighted by atomic mass is 14.7. The molecule has 90 valence electrons. The largest absolute Gasteiger partial charge is 0.251 e. The van der Waals surface area contributed by atoms with Crippen LogP contribution in [0.5, 0.6) is 0 Å². The van der Waals surface area contributed by atoms with Gasteiger partial charge >= 0.3 is 0 Å². The lowest BCUT2D eigenvalue weighted by Crippen LogP contribution is -1.97. The maximum Gasteiger partial charge on any atom is 0.101 e. The molecule has 0 aliphatic heterocycles. The van der Waals surface area contributed by atoms with E-state index < -0.39 is 0 Å². The molecular formula is C17H12N2. The topological polar surface area (TPSA) is 36.7 Å². The normalized spacial score (nSPS) is 10.3. The Morgan fingerprint density at radius 1 is 0.947 bits per heavy atom. The molecule has 2 aromatic carbocycles. The summed E-state index contributed by atoms with van der Waals surface area (Å²) in [7, 11) is 0. The number of fused-ring (bicyclic) bond motifs is 1. The van der Waals surface area contributed by atoms with Gasteiger partial charge < -0.3 is 0 Å². The monoisotopic (exact) mass is 244 g/mol. The highest BCUT2D eigenvalue weighted by Gasteiger charge is 2.07. The lowest BCUT2D eigenvalue weighted by molar-refractivity contribution is 1.09. The molecule has 0 saturated carbocycles. The van der Waals surface area contributed by atoms with Gasteiger partial charge in [0.2, 0.25) is 0 Å². The average molecular weight is 244 g/mol.